The molecule has 6 heteroatoms. The van der Waals surface area contributed by atoms with Crippen LogP contribution in [0.5, 0.6) is 0 Å². The average Bonchev–Trinajstić information content (AvgIpc) is 2.67. The molecular weight excluding hydrogens is 346 g/mol. The van der Waals surface area contributed by atoms with E-state index in [4.69, 9.17) is 5.26 Å². The molecule has 2 fully saturated rings. The number of rotatable bonds is 7. The zero-order valence-electron chi connectivity index (χ0n) is 15.4. The Balaban J connectivity index is 1.38. The standard InChI is InChI=1S/C20H29N3O2S/c21-15-17-4-3-7-20(14-17)26(24,25)13-10-22-9-12-23-11-8-18-5-1-2-6-19(18)16-23/h3-4,7,14,18-19,22H,1-2,5-6,8-13,16H2. The number of piperidine rings is 1. The van der Waals surface area contributed by atoms with Crippen molar-refractivity contribution in [3.63, 3.8) is 0 Å². The molecule has 2 unspecified atom stereocenters. The highest BCUT2D eigenvalue weighted by molar-refractivity contribution is 7.91. The first-order valence-corrected chi connectivity index (χ1v) is 11.4. The summed E-state index contributed by atoms with van der Waals surface area (Å²) in [6, 6.07) is 8.23. The molecule has 142 valence electrons. The Morgan fingerprint density at radius 3 is 2.77 bits per heavy atom. The molecular formula is C20H29N3O2S. The van der Waals surface area contributed by atoms with Crippen molar-refractivity contribution in [1.29, 1.82) is 5.26 Å². The summed E-state index contributed by atoms with van der Waals surface area (Å²) in [5.74, 6) is 1.89. The molecule has 1 aliphatic carbocycles. The van der Waals surface area contributed by atoms with Gasteiger partial charge in [0.25, 0.3) is 0 Å². The molecule has 2 aliphatic rings. The fourth-order valence-corrected chi connectivity index (χ4v) is 5.57. The summed E-state index contributed by atoms with van der Waals surface area (Å²) in [4.78, 5) is 2.77. The van der Waals surface area contributed by atoms with Crippen molar-refractivity contribution in [2.45, 2.75) is 37.0 Å². The Bertz CT molecular complexity index is 742. The second-order valence-corrected chi connectivity index (χ2v) is 9.71. The maximum Gasteiger partial charge on any atom is 0.179 e. The predicted octanol–water partition coefficient (Wildman–Crippen LogP) is 2.43. The lowest BCUT2D eigenvalue weighted by Gasteiger charge is -2.41. The molecule has 2 atom stereocenters. The lowest BCUT2D eigenvalue weighted by atomic mass is 9.75. The minimum absolute atomic E-state index is 0.0621. The van der Waals surface area contributed by atoms with Crippen molar-refractivity contribution >= 4 is 9.84 Å². The molecule has 1 saturated carbocycles. The molecule has 1 aromatic rings. The first-order chi connectivity index (χ1) is 12.6. The molecule has 0 spiro atoms. The molecule has 1 saturated heterocycles. The van der Waals surface area contributed by atoms with E-state index in [2.05, 4.69) is 10.2 Å². The van der Waals surface area contributed by atoms with Crippen LogP contribution in [0.2, 0.25) is 0 Å². The number of sulfone groups is 1. The third kappa shape index (κ3) is 5.06. The normalized spacial score (nSPS) is 24.0. The summed E-state index contributed by atoms with van der Waals surface area (Å²) in [6.45, 7) is 4.66. The van der Waals surface area contributed by atoms with E-state index in [1.54, 1.807) is 18.2 Å². The first-order valence-electron chi connectivity index (χ1n) is 9.74. The topological polar surface area (TPSA) is 73.2 Å². The number of hydrogen-bond acceptors (Lipinski definition) is 5. The lowest BCUT2D eigenvalue weighted by Crippen LogP contribution is -2.44. The van der Waals surface area contributed by atoms with Crippen LogP contribution in [-0.2, 0) is 9.84 Å². The lowest BCUT2D eigenvalue weighted by molar-refractivity contribution is 0.0877. The van der Waals surface area contributed by atoms with Gasteiger partial charge in [0.15, 0.2) is 9.84 Å². The number of hydrogen-bond donors (Lipinski definition) is 1. The maximum atomic E-state index is 12.4. The van der Waals surface area contributed by atoms with E-state index in [1.807, 2.05) is 6.07 Å². The molecule has 0 amide bonds. The smallest absolute Gasteiger partial charge is 0.179 e. The van der Waals surface area contributed by atoms with E-state index in [1.165, 1.54) is 51.3 Å². The van der Waals surface area contributed by atoms with Gasteiger partial charge >= 0.3 is 0 Å². The fraction of sp³-hybridized carbons (Fsp3) is 0.650. The number of nitriles is 1. The number of fused-ring (bicyclic) bond motifs is 1. The van der Waals surface area contributed by atoms with Crippen molar-refractivity contribution in [2.24, 2.45) is 11.8 Å². The molecule has 1 aromatic carbocycles. The van der Waals surface area contributed by atoms with Gasteiger partial charge in [-0.3, -0.25) is 0 Å². The largest absolute Gasteiger partial charge is 0.314 e. The Hall–Kier alpha value is -1.42. The highest BCUT2D eigenvalue weighted by Gasteiger charge is 2.30. The van der Waals surface area contributed by atoms with E-state index in [0.29, 0.717) is 12.1 Å². The van der Waals surface area contributed by atoms with Crippen molar-refractivity contribution in [3.05, 3.63) is 29.8 Å². The SMILES string of the molecule is N#Cc1cccc(S(=O)(=O)CCNCCN2CCC3CCCCC3C2)c1. The quantitative estimate of drug-likeness (QED) is 0.741. The van der Waals surface area contributed by atoms with Crippen molar-refractivity contribution in [3.8, 4) is 6.07 Å². The molecule has 0 aromatic heterocycles. The number of nitrogens with one attached hydrogen (secondary N) is 1. The maximum absolute atomic E-state index is 12.4. The van der Waals surface area contributed by atoms with E-state index in [9.17, 15) is 8.42 Å². The van der Waals surface area contributed by atoms with Crippen LogP contribution in [0.1, 0.15) is 37.7 Å². The van der Waals surface area contributed by atoms with Gasteiger partial charge in [-0.25, -0.2) is 8.42 Å². The summed E-state index contributed by atoms with van der Waals surface area (Å²) >= 11 is 0. The van der Waals surface area contributed by atoms with Crippen LogP contribution >= 0.6 is 0 Å². The highest BCUT2D eigenvalue weighted by Crippen LogP contribution is 2.35. The van der Waals surface area contributed by atoms with Gasteiger partial charge in [-0.15, -0.1) is 0 Å². The van der Waals surface area contributed by atoms with Crippen LogP contribution in [0.3, 0.4) is 0 Å². The van der Waals surface area contributed by atoms with Crippen molar-refractivity contribution in [2.75, 3.05) is 38.5 Å². The van der Waals surface area contributed by atoms with E-state index >= 15 is 0 Å². The van der Waals surface area contributed by atoms with Crippen LogP contribution in [0.15, 0.2) is 29.2 Å². The Labute approximate surface area is 157 Å². The van der Waals surface area contributed by atoms with E-state index < -0.39 is 9.84 Å². The third-order valence-electron chi connectivity index (χ3n) is 5.85. The Morgan fingerprint density at radius 1 is 1.15 bits per heavy atom. The minimum Gasteiger partial charge on any atom is -0.314 e. The molecule has 1 heterocycles. The van der Waals surface area contributed by atoms with Crippen LogP contribution in [0, 0.1) is 23.2 Å². The predicted molar refractivity (Wildman–Crippen MR) is 103 cm³/mol. The van der Waals surface area contributed by atoms with Crippen LogP contribution in [0.25, 0.3) is 0 Å². The minimum atomic E-state index is -3.34. The van der Waals surface area contributed by atoms with Crippen molar-refractivity contribution < 1.29 is 8.42 Å². The van der Waals surface area contributed by atoms with Crippen LogP contribution < -0.4 is 5.32 Å². The first kappa shape index (κ1) is 19.3. The third-order valence-corrected chi connectivity index (χ3v) is 7.56. The number of benzene rings is 1. The van der Waals surface area contributed by atoms with E-state index in [0.717, 1.165) is 24.9 Å². The molecule has 3 rings (SSSR count). The van der Waals surface area contributed by atoms with Crippen LogP contribution in [-0.4, -0.2) is 51.8 Å². The number of nitrogens with zero attached hydrogens (tertiary/aromatic N) is 2. The number of likely N-dealkylation sites (tertiary alicyclic amines) is 1. The molecule has 0 bridgehead atoms. The van der Waals surface area contributed by atoms with Gasteiger partial charge in [0.2, 0.25) is 0 Å². The second-order valence-electron chi connectivity index (χ2n) is 7.60. The highest BCUT2D eigenvalue weighted by atomic mass is 32.2. The molecule has 5 nitrogen and oxygen atoms in total. The summed E-state index contributed by atoms with van der Waals surface area (Å²) in [7, 11) is -3.34. The second kappa shape index (κ2) is 8.98. The zero-order valence-corrected chi connectivity index (χ0v) is 16.2. The van der Waals surface area contributed by atoms with Gasteiger partial charge in [-0.2, -0.15) is 5.26 Å². The Morgan fingerprint density at radius 2 is 1.96 bits per heavy atom. The summed E-state index contributed by atoms with van der Waals surface area (Å²) < 4.78 is 24.7. The Kier molecular flexibility index (Phi) is 6.68. The summed E-state index contributed by atoms with van der Waals surface area (Å²) in [5, 5.41) is 12.2. The van der Waals surface area contributed by atoms with Crippen LogP contribution in [0.4, 0.5) is 0 Å². The van der Waals surface area contributed by atoms with Gasteiger partial charge in [0.1, 0.15) is 0 Å². The van der Waals surface area contributed by atoms with Gasteiger partial charge in [-0.1, -0.05) is 25.3 Å². The molecule has 1 aliphatic heterocycles. The van der Waals surface area contributed by atoms with Gasteiger partial charge in [0, 0.05) is 26.2 Å². The van der Waals surface area contributed by atoms with Gasteiger partial charge < -0.3 is 10.2 Å². The summed E-state index contributed by atoms with van der Waals surface area (Å²) in [5.41, 5.74) is 0.380. The fourth-order valence-electron chi connectivity index (χ4n) is 4.32. The average molecular weight is 376 g/mol. The van der Waals surface area contributed by atoms with Crippen molar-refractivity contribution in [1.82, 2.24) is 10.2 Å². The molecule has 26 heavy (non-hydrogen) atoms. The van der Waals surface area contributed by atoms with E-state index in [-0.39, 0.29) is 10.6 Å². The molecule has 0 radical (unpaired) electrons. The van der Waals surface area contributed by atoms with Gasteiger partial charge in [0.05, 0.1) is 22.3 Å². The zero-order chi connectivity index (χ0) is 18.4. The van der Waals surface area contributed by atoms with Gasteiger partial charge in [-0.05, 0) is 49.4 Å². The summed E-state index contributed by atoms with van der Waals surface area (Å²) in [6.07, 6.45) is 6.93. The molecule has 1 N–H and O–H groups in total. The monoisotopic (exact) mass is 375 g/mol.